The molecule has 0 saturated heterocycles. The Bertz CT molecular complexity index is 630. The van der Waals surface area contributed by atoms with Crippen LogP contribution in [0.4, 0.5) is 5.13 Å². The Morgan fingerprint density at radius 3 is 2.81 bits per heavy atom. The van der Waals surface area contributed by atoms with Gasteiger partial charge in [0.05, 0.1) is 10.6 Å². The summed E-state index contributed by atoms with van der Waals surface area (Å²) in [6, 6.07) is 2.20. The zero-order chi connectivity index (χ0) is 14.1. The van der Waals surface area contributed by atoms with Crippen molar-refractivity contribution in [2.24, 2.45) is 11.7 Å². The van der Waals surface area contributed by atoms with Gasteiger partial charge in [0.25, 0.3) is 0 Å². The molecule has 0 bridgehead atoms. The van der Waals surface area contributed by atoms with E-state index < -0.39 is 0 Å². The Morgan fingerprint density at radius 2 is 2.19 bits per heavy atom. The molecule has 0 aliphatic heterocycles. The molecule has 2 aromatic rings. The lowest BCUT2D eigenvalue weighted by Gasteiger charge is -2.08. The molecule has 1 saturated carbocycles. The predicted molar refractivity (Wildman–Crippen MR) is 94.3 cm³/mol. The van der Waals surface area contributed by atoms with E-state index in [0.717, 1.165) is 34.3 Å². The number of thiophene rings is 1. The number of amides is 1. The average Bonchev–Trinajstić information content (AvgIpc) is 3.10. The number of thiazole rings is 1. The second-order valence-electron chi connectivity index (χ2n) is 4.93. The average molecular weight is 409 g/mol. The Hall–Kier alpha value is -0.470. The van der Waals surface area contributed by atoms with Crippen LogP contribution in [0.3, 0.4) is 0 Å². The van der Waals surface area contributed by atoms with Crippen LogP contribution in [0.15, 0.2) is 21.3 Å². The predicted octanol–water partition coefficient (Wildman–Crippen LogP) is 4.12. The molecule has 21 heavy (non-hydrogen) atoms. The molecule has 1 amide bonds. The van der Waals surface area contributed by atoms with Gasteiger partial charge in [-0.1, -0.05) is 0 Å². The Balaban J connectivity index is 0.00000161. The minimum atomic E-state index is 0. The van der Waals surface area contributed by atoms with E-state index in [0.29, 0.717) is 5.13 Å². The van der Waals surface area contributed by atoms with Crippen molar-refractivity contribution in [1.29, 1.82) is 0 Å². The van der Waals surface area contributed by atoms with Crippen molar-refractivity contribution in [2.45, 2.75) is 25.3 Å². The van der Waals surface area contributed by atoms with E-state index in [9.17, 15) is 4.79 Å². The molecular formula is C13H15BrClN3OS2. The zero-order valence-corrected chi connectivity index (χ0v) is 15.1. The summed E-state index contributed by atoms with van der Waals surface area (Å²) in [6.07, 6.45) is 2.59. The first-order valence-electron chi connectivity index (χ1n) is 6.38. The number of hydrogen-bond acceptors (Lipinski definition) is 5. The smallest absolute Gasteiger partial charge is 0.229 e. The maximum atomic E-state index is 12.1. The van der Waals surface area contributed by atoms with Gasteiger partial charge >= 0.3 is 0 Å². The fourth-order valence-corrected chi connectivity index (χ4v) is 4.53. The van der Waals surface area contributed by atoms with Crippen molar-refractivity contribution in [3.05, 3.63) is 21.3 Å². The van der Waals surface area contributed by atoms with Crippen LogP contribution in [0.5, 0.6) is 0 Å². The van der Waals surface area contributed by atoms with Crippen LogP contribution < -0.4 is 11.1 Å². The highest BCUT2D eigenvalue weighted by molar-refractivity contribution is 9.10. The highest BCUT2D eigenvalue weighted by atomic mass is 79.9. The summed E-state index contributed by atoms with van der Waals surface area (Å²) in [5.41, 5.74) is 6.75. The van der Waals surface area contributed by atoms with Crippen LogP contribution in [-0.4, -0.2) is 16.9 Å². The summed E-state index contributed by atoms with van der Waals surface area (Å²) < 4.78 is 1.05. The van der Waals surface area contributed by atoms with E-state index in [4.69, 9.17) is 5.73 Å². The van der Waals surface area contributed by atoms with Gasteiger partial charge in [-0.15, -0.1) is 35.1 Å². The molecule has 2 atom stereocenters. The monoisotopic (exact) mass is 407 g/mol. The fourth-order valence-electron chi connectivity index (χ4n) is 2.35. The van der Waals surface area contributed by atoms with Gasteiger partial charge in [-0.05, 0) is 41.3 Å². The molecule has 1 aliphatic carbocycles. The van der Waals surface area contributed by atoms with Gasteiger partial charge in [-0.3, -0.25) is 4.79 Å². The molecule has 4 nitrogen and oxygen atoms in total. The summed E-state index contributed by atoms with van der Waals surface area (Å²) in [5, 5.41) is 7.56. The SMILES string of the molecule is Cl.NC1CCC(C(=O)Nc2nc(-c3cc(Br)cs3)cs2)C1. The lowest BCUT2D eigenvalue weighted by Crippen LogP contribution is -2.23. The second kappa shape index (κ2) is 7.19. The molecule has 1 fully saturated rings. The first-order chi connectivity index (χ1) is 9.61. The molecule has 0 aromatic carbocycles. The van der Waals surface area contributed by atoms with Crippen LogP contribution in [0.2, 0.25) is 0 Å². The maximum Gasteiger partial charge on any atom is 0.229 e. The number of nitrogens with zero attached hydrogens (tertiary/aromatic N) is 1. The van der Waals surface area contributed by atoms with Crippen molar-refractivity contribution < 1.29 is 4.79 Å². The first-order valence-corrected chi connectivity index (χ1v) is 8.93. The van der Waals surface area contributed by atoms with Crippen molar-refractivity contribution in [3.8, 4) is 10.6 Å². The maximum absolute atomic E-state index is 12.1. The summed E-state index contributed by atoms with van der Waals surface area (Å²) >= 11 is 6.52. The van der Waals surface area contributed by atoms with Crippen molar-refractivity contribution in [1.82, 2.24) is 4.98 Å². The second-order valence-corrected chi connectivity index (χ2v) is 7.61. The summed E-state index contributed by atoms with van der Waals surface area (Å²) in [4.78, 5) is 17.7. The molecule has 3 N–H and O–H groups in total. The molecule has 114 valence electrons. The molecule has 2 unspecified atom stereocenters. The number of aromatic nitrogens is 1. The van der Waals surface area contributed by atoms with Gasteiger partial charge < -0.3 is 11.1 Å². The molecule has 2 heterocycles. The third kappa shape index (κ3) is 4.04. The van der Waals surface area contributed by atoms with Crippen molar-refractivity contribution >= 4 is 62.0 Å². The van der Waals surface area contributed by atoms with E-state index in [2.05, 4.69) is 26.2 Å². The van der Waals surface area contributed by atoms with Gasteiger partial charge in [0.1, 0.15) is 0 Å². The first kappa shape index (κ1) is 16.9. The van der Waals surface area contributed by atoms with Gasteiger partial charge in [-0.2, -0.15) is 0 Å². The van der Waals surface area contributed by atoms with E-state index in [1.54, 1.807) is 11.3 Å². The standard InChI is InChI=1S/C13H14BrN3OS2.ClH/c14-8-4-11(19-5-8)10-6-20-13(16-10)17-12(18)7-1-2-9(15)3-7;/h4-7,9H,1-3,15H2,(H,16,17,18);1H. The van der Waals surface area contributed by atoms with Crippen LogP contribution in [-0.2, 0) is 4.79 Å². The fraction of sp³-hybridized carbons (Fsp3) is 0.385. The summed E-state index contributed by atoms with van der Waals surface area (Å²) in [5.74, 6) is 0.0828. The van der Waals surface area contributed by atoms with Crippen molar-refractivity contribution in [3.63, 3.8) is 0 Å². The Labute approximate surface area is 145 Å². The van der Waals surface area contributed by atoms with Gasteiger partial charge in [0.2, 0.25) is 5.91 Å². The third-order valence-corrected chi connectivity index (χ3v) is 5.87. The van der Waals surface area contributed by atoms with E-state index in [1.807, 2.05) is 16.8 Å². The zero-order valence-electron chi connectivity index (χ0n) is 11.0. The molecule has 1 aliphatic rings. The quantitative estimate of drug-likeness (QED) is 0.802. The number of anilines is 1. The number of hydrogen-bond donors (Lipinski definition) is 2. The molecule has 8 heteroatoms. The van der Waals surface area contributed by atoms with Crippen LogP contribution >= 0.6 is 51.0 Å². The third-order valence-electron chi connectivity index (χ3n) is 3.40. The molecule has 0 spiro atoms. The normalized spacial score (nSPS) is 21.0. The van der Waals surface area contributed by atoms with E-state index >= 15 is 0 Å². The van der Waals surface area contributed by atoms with Gasteiger partial charge in [0, 0.05) is 27.2 Å². The van der Waals surface area contributed by atoms with Gasteiger partial charge in [-0.25, -0.2) is 4.98 Å². The Kier molecular flexibility index (Phi) is 5.79. The topological polar surface area (TPSA) is 68.0 Å². The number of rotatable bonds is 3. The van der Waals surface area contributed by atoms with E-state index in [1.165, 1.54) is 11.3 Å². The number of halogens is 2. The molecular weight excluding hydrogens is 394 g/mol. The highest BCUT2D eigenvalue weighted by Gasteiger charge is 2.28. The minimum absolute atomic E-state index is 0. The summed E-state index contributed by atoms with van der Waals surface area (Å²) in [6.45, 7) is 0. The molecule has 3 rings (SSSR count). The van der Waals surface area contributed by atoms with Crippen LogP contribution in [0, 0.1) is 5.92 Å². The lowest BCUT2D eigenvalue weighted by molar-refractivity contribution is -0.119. The number of nitrogens with one attached hydrogen (secondary N) is 1. The van der Waals surface area contributed by atoms with Crippen LogP contribution in [0.25, 0.3) is 10.6 Å². The van der Waals surface area contributed by atoms with E-state index in [-0.39, 0.29) is 30.3 Å². The number of carbonyl (C=O) groups excluding carboxylic acids is 1. The van der Waals surface area contributed by atoms with Crippen molar-refractivity contribution in [2.75, 3.05) is 5.32 Å². The summed E-state index contributed by atoms with van der Waals surface area (Å²) in [7, 11) is 0. The van der Waals surface area contributed by atoms with Crippen LogP contribution in [0.1, 0.15) is 19.3 Å². The molecule has 2 aromatic heterocycles. The molecule has 0 radical (unpaired) electrons. The minimum Gasteiger partial charge on any atom is -0.328 e. The largest absolute Gasteiger partial charge is 0.328 e. The van der Waals surface area contributed by atoms with Gasteiger partial charge in [0.15, 0.2) is 5.13 Å². The Morgan fingerprint density at radius 1 is 1.38 bits per heavy atom. The number of nitrogens with two attached hydrogens (primary N) is 1. The highest BCUT2D eigenvalue weighted by Crippen LogP contribution is 2.32. The number of carbonyl (C=O) groups is 1. The lowest BCUT2D eigenvalue weighted by atomic mass is 10.1.